The number of hydrogen-bond donors (Lipinski definition) is 1. The largest absolute Gasteiger partial charge is 0.379 e. The van der Waals surface area contributed by atoms with Crippen LogP contribution in [0.5, 0.6) is 0 Å². The van der Waals surface area contributed by atoms with Gasteiger partial charge in [-0.25, -0.2) is 4.39 Å². The van der Waals surface area contributed by atoms with Crippen molar-refractivity contribution in [2.75, 3.05) is 32.8 Å². The maximum absolute atomic E-state index is 13.7. The quantitative estimate of drug-likeness (QED) is 0.694. The molecule has 0 spiro atoms. The Labute approximate surface area is 170 Å². The number of nitrogens with zero attached hydrogens (tertiary/aromatic N) is 1. The molecule has 5 nitrogen and oxygen atoms in total. The molecule has 1 atom stereocenters. The number of aryl methyl sites for hydroxylation is 1. The summed E-state index contributed by atoms with van der Waals surface area (Å²) >= 11 is 0. The van der Waals surface area contributed by atoms with Gasteiger partial charge in [-0.3, -0.25) is 14.5 Å². The molecule has 0 radical (unpaired) electrons. The number of halogens is 1. The highest BCUT2D eigenvalue weighted by molar-refractivity contribution is 5.98. The van der Waals surface area contributed by atoms with E-state index >= 15 is 0 Å². The highest BCUT2D eigenvalue weighted by Crippen LogP contribution is 2.22. The Bertz CT molecular complexity index is 850. The number of Topliss-reactive ketones (excluding diaryl/α,β-unsaturated/α-hetero) is 1. The van der Waals surface area contributed by atoms with Crippen molar-refractivity contribution >= 4 is 11.7 Å². The van der Waals surface area contributed by atoms with Gasteiger partial charge in [-0.1, -0.05) is 42.0 Å². The minimum Gasteiger partial charge on any atom is -0.379 e. The summed E-state index contributed by atoms with van der Waals surface area (Å²) < 4.78 is 19.2. The molecule has 1 N–H and O–H groups in total. The van der Waals surface area contributed by atoms with E-state index in [1.807, 2.05) is 19.1 Å². The molecule has 0 bridgehead atoms. The molecule has 0 aromatic heterocycles. The van der Waals surface area contributed by atoms with Gasteiger partial charge in [0.1, 0.15) is 5.82 Å². The summed E-state index contributed by atoms with van der Waals surface area (Å²) in [7, 11) is 0. The molecule has 29 heavy (non-hydrogen) atoms. The molecule has 1 heterocycles. The molecule has 154 valence electrons. The van der Waals surface area contributed by atoms with Crippen LogP contribution >= 0.6 is 0 Å². The zero-order chi connectivity index (χ0) is 20.6. The van der Waals surface area contributed by atoms with E-state index < -0.39 is 5.82 Å². The summed E-state index contributed by atoms with van der Waals surface area (Å²) in [6, 6.07) is 14.2. The van der Waals surface area contributed by atoms with Gasteiger partial charge >= 0.3 is 0 Å². The van der Waals surface area contributed by atoms with Crippen LogP contribution in [-0.2, 0) is 9.53 Å². The molecule has 0 aliphatic carbocycles. The van der Waals surface area contributed by atoms with Gasteiger partial charge < -0.3 is 10.1 Å². The van der Waals surface area contributed by atoms with E-state index in [1.165, 1.54) is 23.8 Å². The number of benzene rings is 2. The fourth-order valence-electron chi connectivity index (χ4n) is 3.57. The first kappa shape index (κ1) is 21.1. The molecule has 1 fully saturated rings. The number of rotatable bonds is 8. The number of amides is 1. The molecular formula is C23H27FN2O3. The van der Waals surface area contributed by atoms with Gasteiger partial charge in [-0.2, -0.15) is 0 Å². The predicted molar refractivity (Wildman–Crippen MR) is 109 cm³/mol. The zero-order valence-corrected chi connectivity index (χ0v) is 16.7. The fourth-order valence-corrected chi connectivity index (χ4v) is 3.57. The summed E-state index contributed by atoms with van der Waals surface area (Å²) in [5, 5.41) is 2.95. The van der Waals surface area contributed by atoms with Crippen LogP contribution in [-0.4, -0.2) is 49.4 Å². The van der Waals surface area contributed by atoms with Gasteiger partial charge in [0.15, 0.2) is 5.78 Å². The lowest BCUT2D eigenvalue weighted by Gasteiger charge is -2.35. The average molecular weight is 398 g/mol. The molecule has 2 aromatic carbocycles. The third kappa shape index (κ3) is 5.95. The van der Waals surface area contributed by atoms with Crippen LogP contribution in [0.15, 0.2) is 48.5 Å². The summed E-state index contributed by atoms with van der Waals surface area (Å²) in [6.45, 7) is 5.46. The van der Waals surface area contributed by atoms with Crippen LogP contribution in [0.4, 0.5) is 4.39 Å². The highest BCUT2D eigenvalue weighted by Gasteiger charge is 2.23. The first-order valence-corrected chi connectivity index (χ1v) is 9.97. The second-order valence-electron chi connectivity index (χ2n) is 7.29. The van der Waals surface area contributed by atoms with Crippen LogP contribution < -0.4 is 5.32 Å². The van der Waals surface area contributed by atoms with E-state index in [-0.39, 0.29) is 36.1 Å². The van der Waals surface area contributed by atoms with E-state index in [0.29, 0.717) is 19.8 Å². The van der Waals surface area contributed by atoms with Crippen molar-refractivity contribution in [3.8, 4) is 0 Å². The van der Waals surface area contributed by atoms with E-state index in [1.54, 1.807) is 6.07 Å². The average Bonchev–Trinajstić information content (AvgIpc) is 2.73. The molecule has 3 rings (SSSR count). The highest BCUT2D eigenvalue weighted by atomic mass is 19.1. The van der Waals surface area contributed by atoms with E-state index in [9.17, 15) is 14.0 Å². The Kier molecular flexibility index (Phi) is 7.49. The molecule has 0 saturated carbocycles. The summed E-state index contributed by atoms with van der Waals surface area (Å²) in [5.74, 6) is -1.12. The minimum absolute atomic E-state index is 0.0145. The van der Waals surface area contributed by atoms with Crippen LogP contribution in [0, 0.1) is 12.7 Å². The van der Waals surface area contributed by atoms with Crippen LogP contribution in [0.1, 0.15) is 40.4 Å². The first-order valence-electron chi connectivity index (χ1n) is 9.97. The number of morpholine rings is 1. The van der Waals surface area contributed by atoms with Crippen molar-refractivity contribution in [1.29, 1.82) is 0 Å². The van der Waals surface area contributed by atoms with E-state index in [2.05, 4.69) is 22.3 Å². The molecule has 1 aliphatic heterocycles. The lowest BCUT2D eigenvalue weighted by atomic mass is 10.0. The first-order chi connectivity index (χ1) is 14.0. The second-order valence-corrected chi connectivity index (χ2v) is 7.29. The van der Waals surface area contributed by atoms with E-state index in [0.717, 1.165) is 18.7 Å². The van der Waals surface area contributed by atoms with Crippen molar-refractivity contribution in [1.82, 2.24) is 10.2 Å². The Balaban J connectivity index is 1.57. The number of hydrogen-bond acceptors (Lipinski definition) is 4. The van der Waals surface area contributed by atoms with Crippen molar-refractivity contribution in [2.24, 2.45) is 0 Å². The van der Waals surface area contributed by atoms with Crippen molar-refractivity contribution < 1.29 is 18.7 Å². The van der Waals surface area contributed by atoms with E-state index in [4.69, 9.17) is 4.74 Å². The molecule has 1 unspecified atom stereocenters. The maximum Gasteiger partial charge on any atom is 0.220 e. The topological polar surface area (TPSA) is 58.6 Å². The number of carbonyl (C=O) groups is 2. The number of ketones is 1. The fraction of sp³-hybridized carbons (Fsp3) is 0.391. The molecule has 1 aliphatic rings. The lowest BCUT2D eigenvalue weighted by molar-refractivity contribution is -0.121. The van der Waals surface area contributed by atoms with Gasteiger partial charge in [0.25, 0.3) is 0 Å². The zero-order valence-electron chi connectivity index (χ0n) is 16.7. The van der Waals surface area contributed by atoms with Crippen molar-refractivity contribution in [3.63, 3.8) is 0 Å². The SMILES string of the molecule is Cc1cccc(C(CNC(=O)CCC(=O)c2ccccc2F)N2CCOCC2)c1. The van der Waals surface area contributed by atoms with Crippen molar-refractivity contribution in [2.45, 2.75) is 25.8 Å². The normalized spacial score (nSPS) is 15.7. The predicted octanol–water partition coefficient (Wildman–Crippen LogP) is 3.29. The third-order valence-electron chi connectivity index (χ3n) is 5.16. The number of carbonyl (C=O) groups excluding carboxylic acids is 2. The Morgan fingerprint density at radius 1 is 1.10 bits per heavy atom. The standard InChI is InChI=1S/C23H27FN2O3/c1-17-5-4-6-18(15-17)21(26-11-13-29-14-12-26)16-25-23(28)10-9-22(27)19-7-2-3-8-20(19)24/h2-8,15,21H,9-14,16H2,1H3,(H,25,28). The second kappa shape index (κ2) is 10.3. The van der Waals surface area contributed by atoms with Gasteiger partial charge in [0.2, 0.25) is 5.91 Å². The molecule has 2 aromatic rings. The summed E-state index contributed by atoms with van der Waals surface area (Å²) in [4.78, 5) is 26.8. The van der Waals surface area contributed by atoms with Crippen LogP contribution in [0.25, 0.3) is 0 Å². The summed E-state index contributed by atoms with van der Waals surface area (Å²) in [5.41, 5.74) is 2.35. The molecule has 6 heteroatoms. The van der Waals surface area contributed by atoms with Crippen LogP contribution in [0.3, 0.4) is 0 Å². The smallest absolute Gasteiger partial charge is 0.220 e. The van der Waals surface area contributed by atoms with Gasteiger partial charge in [-0.05, 0) is 24.6 Å². The molecule has 1 saturated heterocycles. The Hall–Kier alpha value is -2.57. The van der Waals surface area contributed by atoms with Crippen LogP contribution in [0.2, 0.25) is 0 Å². The Morgan fingerprint density at radius 3 is 2.59 bits per heavy atom. The Morgan fingerprint density at radius 2 is 1.86 bits per heavy atom. The third-order valence-corrected chi connectivity index (χ3v) is 5.16. The van der Waals surface area contributed by atoms with Gasteiger partial charge in [0, 0.05) is 32.5 Å². The minimum atomic E-state index is -0.551. The lowest BCUT2D eigenvalue weighted by Crippen LogP contribution is -2.43. The number of ether oxygens (including phenoxy) is 1. The van der Waals surface area contributed by atoms with Gasteiger partial charge in [0.05, 0.1) is 24.8 Å². The monoisotopic (exact) mass is 398 g/mol. The number of nitrogens with one attached hydrogen (secondary N) is 1. The molecule has 1 amide bonds. The molecular weight excluding hydrogens is 371 g/mol. The van der Waals surface area contributed by atoms with Crippen molar-refractivity contribution in [3.05, 3.63) is 71.0 Å². The maximum atomic E-state index is 13.7. The summed E-state index contributed by atoms with van der Waals surface area (Å²) in [6.07, 6.45) is 0.0241. The van der Waals surface area contributed by atoms with Gasteiger partial charge in [-0.15, -0.1) is 0 Å².